The van der Waals surface area contributed by atoms with Gasteiger partial charge in [0.15, 0.2) is 0 Å². The highest BCUT2D eigenvalue weighted by molar-refractivity contribution is 5.47. The summed E-state index contributed by atoms with van der Waals surface area (Å²) in [7, 11) is 1.93. The Hall–Kier alpha value is -0.980. The van der Waals surface area contributed by atoms with Gasteiger partial charge in [-0.15, -0.1) is 0 Å². The Labute approximate surface area is 69.4 Å². The summed E-state index contributed by atoms with van der Waals surface area (Å²) in [5, 5.41) is 3.10. The molecule has 62 valence electrons. The van der Waals surface area contributed by atoms with E-state index in [2.05, 4.69) is 37.4 Å². The molecule has 0 radical (unpaired) electrons. The van der Waals surface area contributed by atoms with E-state index < -0.39 is 0 Å². The van der Waals surface area contributed by atoms with Crippen LogP contribution in [-0.4, -0.2) is 7.05 Å². The summed E-state index contributed by atoms with van der Waals surface area (Å²) in [5.41, 5.74) is 3.87. The maximum absolute atomic E-state index is 3.10. The minimum Gasteiger partial charge on any atom is -0.388 e. The Bertz CT molecular complexity index is 228. The first-order chi connectivity index (χ1) is 4.74. The standard InChI is InChI=1S/C9H13N.CH4/c1-7-4-5-9(10-3)6-8(7)2;/h4-6,10H,1-3H3;1H4. The molecule has 1 aromatic rings. The first-order valence-corrected chi connectivity index (χ1v) is 3.49. The van der Waals surface area contributed by atoms with Gasteiger partial charge >= 0.3 is 0 Å². The largest absolute Gasteiger partial charge is 0.388 e. The Morgan fingerprint density at radius 2 is 1.73 bits per heavy atom. The van der Waals surface area contributed by atoms with Crippen molar-refractivity contribution in [1.82, 2.24) is 0 Å². The second-order valence-electron chi connectivity index (χ2n) is 2.55. The van der Waals surface area contributed by atoms with Gasteiger partial charge in [-0.25, -0.2) is 0 Å². The molecule has 1 nitrogen and oxygen atoms in total. The molecular weight excluding hydrogens is 134 g/mol. The summed E-state index contributed by atoms with van der Waals surface area (Å²) in [6.07, 6.45) is 0. The normalized spacial score (nSPS) is 8.64. The smallest absolute Gasteiger partial charge is 0.0340 e. The fourth-order valence-corrected chi connectivity index (χ4v) is 0.897. The van der Waals surface area contributed by atoms with Gasteiger partial charge in [-0.3, -0.25) is 0 Å². The van der Waals surface area contributed by atoms with E-state index in [0.29, 0.717) is 0 Å². The second kappa shape index (κ2) is 4.02. The van der Waals surface area contributed by atoms with E-state index in [4.69, 9.17) is 0 Å². The quantitative estimate of drug-likeness (QED) is 0.650. The van der Waals surface area contributed by atoms with Gasteiger partial charge in [0.2, 0.25) is 0 Å². The van der Waals surface area contributed by atoms with E-state index in [1.165, 1.54) is 16.8 Å². The molecule has 0 aliphatic carbocycles. The summed E-state index contributed by atoms with van der Waals surface area (Å²) < 4.78 is 0. The molecule has 1 heteroatoms. The summed E-state index contributed by atoms with van der Waals surface area (Å²) in [5.74, 6) is 0. The fourth-order valence-electron chi connectivity index (χ4n) is 0.897. The average Bonchev–Trinajstić information content (AvgIpc) is 1.95. The van der Waals surface area contributed by atoms with Crippen molar-refractivity contribution in [2.75, 3.05) is 12.4 Å². The van der Waals surface area contributed by atoms with E-state index in [1.807, 2.05) is 7.05 Å². The molecule has 1 aromatic carbocycles. The molecule has 0 bridgehead atoms. The number of hydrogen-bond acceptors (Lipinski definition) is 1. The molecule has 0 saturated heterocycles. The molecule has 0 atom stereocenters. The first-order valence-electron chi connectivity index (χ1n) is 3.49. The monoisotopic (exact) mass is 151 g/mol. The highest BCUT2D eigenvalue weighted by Gasteiger charge is 1.91. The van der Waals surface area contributed by atoms with Crippen molar-refractivity contribution in [3.05, 3.63) is 29.3 Å². The molecule has 0 spiro atoms. The van der Waals surface area contributed by atoms with Gasteiger partial charge in [-0.1, -0.05) is 13.5 Å². The van der Waals surface area contributed by atoms with E-state index in [0.717, 1.165) is 0 Å². The molecule has 0 aliphatic heterocycles. The predicted molar refractivity (Wildman–Crippen MR) is 52.2 cm³/mol. The average molecular weight is 151 g/mol. The van der Waals surface area contributed by atoms with Crippen LogP contribution in [0.2, 0.25) is 0 Å². The van der Waals surface area contributed by atoms with Crippen LogP contribution >= 0.6 is 0 Å². The highest BCUT2D eigenvalue weighted by atomic mass is 14.8. The Balaban J connectivity index is 0.000001000. The van der Waals surface area contributed by atoms with Gasteiger partial charge in [-0.2, -0.15) is 0 Å². The maximum Gasteiger partial charge on any atom is 0.0340 e. The molecule has 1 rings (SSSR count). The predicted octanol–water partition coefficient (Wildman–Crippen LogP) is 2.98. The van der Waals surface area contributed by atoms with E-state index >= 15 is 0 Å². The lowest BCUT2D eigenvalue weighted by atomic mass is 10.1. The minimum atomic E-state index is 0. The number of aryl methyl sites for hydroxylation is 2. The third-order valence-electron chi connectivity index (χ3n) is 1.80. The highest BCUT2D eigenvalue weighted by Crippen LogP contribution is 2.12. The summed E-state index contributed by atoms with van der Waals surface area (Å²) >= 11 is 0. The summed E-state index contributed by atoms with van der Waals surface area (Å²) in [6.45, 7) is 4.24. The molecule has 0 aliphatic rings. The molecule has 0 fully saturated rings. The topological polar surface area (TPSA) is 12.0 Å². The van der Waals surface area contributed by atoms with Gasteiger partial charge in [-0.05, 0) is 37.1 Å². The van der Waals surface area contributed by atoms with Crippen LogP contribution in [0.4, 0.5) is 5.69 Å². The Morgan fingerprint density at radius 1 is 1.09 bits per heavy atom. The fraction of sp³-hybridized carbons (Fsp3) is 0.400. The van der Waals surface area contributed by atoms with Crippen LogP contribution in [0.5, 0.6) is 0 Å². The van der Waals surface area contributed by atoms with Gasteiger partial charge in [0.25, 0.3) is 0 Å². The molecular formula is C10H17N. The van der Waals surface area contributed by atoms with Crippen LogP contribution in [0.1, 0.15) is 18.6 Å². The molecule has 0 saturated carbocycles. The van der Waals surface area contributed by atoms with E-state index in [1.54, 1.807) is 0 Å². The van der Waals surface area contributed by atoms with Gasteiger partial charge in [0.05, 0.1) is 0 Å². The first kappa shape index (κ1) is 10.0. The van der Waals surface area contributed by atoms with Crippen molar-refractivity contribution in [2.24, 2.45) is 0 Å². The third-order valence-corrected chi connectivity index (χ3v) is 1.80. The van der Waals surface area contributed by atoms with Crippen molar-refractivity contribution in [1.29, 1.82) is 0 Å². The minimum absolute atomic E-state index is 0. The van der Waals surface area contributed by atoms with Crippen LogP contribution in [0.3, 0.4) is 0 Å². The Morgan fingerprint density at radius 3 is 2.18 bits per heavy atom. The van der Waals surface area contributed by atoms with Crippen molar-refractivity contribution < 1.29 is 0 Å². The van der Waals surface area contributed by atoms with Gasteiger partial charge < -0.3 is 5.32 Å². The number of hydrogen-bond donors (Lipinski definition) is 1. The Kier molecular flexibility index (Phi) is 3.66. The maximum atomic E-state index is 3.10. The van der Waals surface area contributed by atoms with E-state index in [9.17, 15) is 0 Å². The van der Waals surface area contributed by atoms with Crippen molar-refractivity contribution in [2.45, 2.75) is 21.3 Å². The molecule has 1 N–H and O–H groups in total. The molecule has 0 heterocycles. The van der Waals surface area contributed by atoms with Crippen molar-refractivity contribution in [3.8, 4) is 0 Å². The SMILES string of the molecule is C.CNc1ccc(C)c(C)c1. The number of benzene rings is 1. The van der Waals surface area contributed by atoms with Gasteiger partial charge in [0, 0.05) is 12.7 Å². The van der Waals surface area contributed by atoms with Crippen LogP contribution in [0, 0.1) is 13.8 Å². The number of rotatable bonds is 1. The molecule has 0 amide bonds. The second-order valence-corrected chi connectivity index (χ2v) is 2.55. The molecule has 11 heavy (non-hydrogen) atoms. The van der Waals surface area contributed by atoms with Crippen LogP contribution in [0.25, 0.3) is 0 Å². The van der Waals surface area contributed by atoms with Gasteiger partial charge in [0.1, 0.15) is 0 Å². The zero-order valence-electron chi connectivity index (χ0n) is 6.73. The molecule has 0 aromatic heterocycles. The third kappa shape index (κ3) is 2.26. The van der Waals surface area contributed by atoms with Crippen molar-refractivity contribution >= 4 is 5.69 Å². The van der Waals surface area contributed by atoms with E-state index in [-0.39, 0.29) is 7.43 Å². The lowest BCUT2D eigenvalue weighted by molar-refractivity contribution is 1.33. The number of nitrogens with one attached hydrogen (secondary N) is 1. The lowest BCUT2D eigenvalue weighted by Crippen LogP contribution is -1.89. The van der Waals surface area contributed by atoms with Crippen LogP contribution in [-0.2, 0) is 0 Å². The summed E-state index contributed by atoms with van der Waals surface area (Å²) in [4.78, 5) is 0. The van der Waals surface area contributed by atoms with Crippen LogP contribution in [0.15, 0.2) is 18.2 Å². The lowest BCUT2D eigenvalue weighted by Gasteiger charge is -2.02. The number of anilines is 1. The zero-order chi connectivity index (χ0) is 7.56. The summed E-state index contributed by atoms with van der Waals surface area (Å²) in [6, 6.07) is 6.36. The zero-order valence-corrected chi connectivity index (χ0v) is 6.73. The molecule has 0 unspecified atom stereocenters. The van der Waals surface area contributed by atoms with Crippen LogP contribution < -0.4 is 5.32 Å². The van der Waals surface area contributed by atoms with Crippen molar-refractivity contribution in [3.63, 3.8) is 0 Å².